The third-order valence-electron chi connectivity index (χ3n) is 10.2. The number of fused-ring (bicyclic) bond motifs is 2. The number of nitrogens with zero attached hydrogens (tertiary/aromatic N) is 4. The summed E-state index contributed by atoms with van der Waals surface area (Å²) in [6.45, 7) is -1.27. The summed E-state index contributed by atoms with van der Waals surface area (Å²) in [5, 5.41) is 92.7. The summed E-state index contributed by atoms with van der Waals surface area (Å²) in [6.07, 6.45) is 2.09. The lowest BCUT2D eigenvalue weighted by molar-refractivity contribution is -0.147. The van der Waals surface area contributed by atoms with Crippen molar-refractivity contribution >= 4 is 36.0 Å². The van der Waals surface area contributed by atoms with E-state index < -0.39 is 92.0 Å². The van der Waals surface area contributed by atoms with E-state index >= 15 is 0 Å². The smallest absolute Gasteiger partial charge is 0.320 e. The number of hydrogen-bond donors (Lipinski definition) is 12. The average Bonchev–Trinajstić information content (AvgIpc) is 3.23. The van der Waals surface area contributed by atoms with E-state index in [2.05, 4.69) is 16.0 Å². The minimum absolute atomic E-state index is 0.0764. The fraction of sp³-hybridized carbons (Fsp3) is 0.718. The van der Waals surface area contributed by atoms with Gasteiger partial charge in [0.1, 0.15) is 24.4 Å². The van der Waals surface area contributed by atoms with Crippen molar-refractivity contribution in [3.63, 3.8) is 0 Å². The lowest BCUT2D eigenvalue weighted by Crippen LogP contribution is -2.52. The van der Waals surface area contributed by atoms with Gasteiger partial charge >= 0.3 is 17.9 Å². The van der Waals surface area contributed by atoms with E-state index in [4.69, 9.17) is 15.2 Å². The predicted octanol–water partition coefficient (Wildman–Crippen LogP) is -3.86. The Balaban J connectivity index is 0.00000243. The van der Waals surface area contributed by atoms with Crippen molar-refractivity contribution in [2.45, 2.75) is 69.7 Å². The minimum atomic E-state index is -1.15. The standard InChI is InChI=1S/C35H59N7O12.C4H8O3/c1-36-11-3-8-29(34(51)52)41-16-14-40(28(33(49)50)9-4-12-37-31(47)24(20-43)21-44)15-17-42(19-27-7-2-6-26(18-41)39-27)30(35(53)54)10-5-13-38-32(48)25(22-45)23-46;5-1-4(2-6)3-7/h2,6-7,24-25,28-30,36,43-46H,3-5,8-23H2,1H3,(H,37,47)(H,38,48)(H,49,50)(H,51,52)(H,53,54);1,4,6-7H,2-3H2. The topological polar surface area (TPSA) is 343 Å². The second-order valence-corrected chi connectivity index (χ2v) is 14.7. The number of hydrogen-bond acceptors (Lipinski definition) is 17. The van der Waals surface area contributed by atoms with Gasteiger partial charge in [0, 0.05) is 52.4 Å². The first-order valence-corrected chi connectivity index (χ1v) is 20.4. The molecule has 2 amide bonds. The Morgan fingerprint density at radius 2 is 0.967 bits per heavy atom. The Hall–Kier alpha value is -4.23. The van der Waals surface area contributed by atoms with Crippen molar-refractivity contribution in [1.29, 1.82) is 0 Å². The predicted molar refractivity (Wildman–Crippen MR) is 218 cm³/mol. The van der Waals surface area contributed by atoms with Crippen LogP contribution >= 0.6 is 0 Å². The van der Waals surface area contributed by atoms with Gasteiger partial charge in [-0.05, 0) is 64.3 Å². The molecule has 1 aliphatic rings. The van der Waals surface area contributed by atoms with Crippen LogP contribution in [0.4, 0.5) is 0 Å². The molecule has 0 radical (unpaired) electrons. The molecule has 3 unspecified atom stereocenters. The SMILES string of the molecule is CNCCCC(C(=O)O)N1CCN(C(CCCNC(=O)C(CO)CO)C(=O)O)CCN(C(CCCNC(=O)C(CO)CO)C(=O)O)Cc2cccc(n2)C1.O=CC(CO)CO. The highest BCUT2D eigenvalue weighted by Gasteiger charge is 2.33. The Kier molecular flexibility index (Phi) is 28.4. The van der Waals surface area contributed by atoms with E-state index in [1.54, 1.807) is 39.9 Å². The third-order valence-corrected chi connectivity index (χ3v) is 10.2. The largest absolute Gasteiger partial charge is 0.480 e. The van der Waals surface area contributed by atoms with E-state index in [1.807, 2.05) is 0 Å². The number of aliphatic carboxylic acids is 3. The molecule has 22 heteroatoms. The number of aromatic nitrogens is 1. The van der Waals surface area contributed by atoms with Crippen LogP contribution in [0.25, 0.3) is 0 Å². The number of aliphatic hydroxyl groups is 6. The second kappa shape index (κ2) is 31.6. The van der Waals surface area contributed by atoms with Gasteiger partial charge < -0.3 is 66.7 Å². The zero-order chi connectivity index (χ0) is 45.7. The van der Waals surface area contributed by atoms with Gasteiger partial charge in [-0.25, -0.2) is 0 Å². The summed E-state index contributed by atoms with van der Waals surface area (Å²) >= 11 is 0. The molecule has 1 aromatic rings. The molecule has 0 aromatic carbocycles. The zero-order valence-electron chi connectivity index (χ0n) is 34.9. The van der Waals surface area contributed by atoms with Gasteiger partial charge in [-0.15, -0.1) is 0 Å². The molecule has 0 saturated heterocycles. The molecule has 0 fully saturated rings. The van der Waals surface area contributed by atoms with E-state index in [0.29, 0.717) is 37.1 Å². The first kappa shape index (κ1) is 54.8. The van der Waals surface area contributed by atoms with E-state index in [0.717, 1.165) is 0 Å². The van der Waals surface area contributed by atoms with Crippen molar-refractivity contribution in [2.75, 3.05) is 92.5 Å². The Bertz CT molecular complexity index is 1450. The van der Waals surface area contributed by atoms with Crippen LogP contribution < -0.4 is 16.0 Å². The van der Waals surface area contributed by atoms with E-state index in [-0.39, 0.29) is 91.3 Å². The quantitative estimate of drug-likeness (QED) is 0.0297. The number of aldehydes is 1. The number of rotatable bonds is 27. The van der Waals surface area contributed by atoms with Crippen LogP contribution in [-0.2, 0) is 41.9 Å². The molecular formula is C39H67N7O15. The van der Waals surface area contributed by atoms with Crippen molar-refractivity contribution in [1.82, 2.24) is 35.6 Å². The van der Waals surface area contributed by atoms with Crippen molar-refractivity contribution in [2.24, 2.45) is 17.8 Å². The van der Waals surface area contributed by atoms with Crippen molar-refractivity contribution in [3.05, 3.63) is 29.6 Å². The van der Waals surface area contributed by atoms with Gasteiger partial charge in [0.05, 0.1) is 68.8 Å². The van der Waals surface area contributed by atoms with Gasteiger partial charge in [0.25, 0.3) is 0 Å². The van der Waals surface area contributed by atoms with Gasteiger partial charge in [-0.3, -0.25) is 43.7 Å². The molecule has 1 aliphatic heterocycles. The van der Waals surface area contributed by atoms with Crippen LogP contribution in [0, 0.1) is 17.8 Å². The van der Waals surface area contributed by atoms with Crippen LogP contribution in [0.1, 0.15) is 49.9 Å². The summed E-state index contributed by atoms with van der Waals surface area (Å²) in [4.78, 5) is 82.1. The number of nitrogens with one attached hydrogen (secondary N) is 3. The second-order valence-electron chi connectivity index (χ2n) is 14.7. The van der Waals surface area contributed by atoms with Crippen molar-refractivity contribution < 1.29 is 74.7 Å². The normalized spacial score (nSPS) is 15.8. The maximum atomic E-state index is 12.8. The van der Waals surface area contributed by atoms with Crippen LogP contribution in [0.2, 0.25) is 0 Å². The number of amides is 2. The van der Waals surface area contributed by atoms with Crippen LogP contribution in [0.15, 0.2) is 18.2 Å². The molecule has 348 valence electrons. The number of carbonyl (C=O) groups is 6. The molecule has 2 bridgehead atoms. The lowest BCUT2D eigenvalue weighted by atomic mass is 10.1. The highest BCUT2D eigenvalue weighted by molar-refractivity contribution is 5.79. The fourth-order valence-electron chi connectivity index (χ4n) is 6.50. The first-order chi connectivity index (χ1) is 29.2. The van der Waals surface area contributed by atoms with E-state index in [9.17, 15) is 64.5 Å². The maximum Gasteiger partial charge on any atom is 0.320 e. The molecule has 2 rings (SSSR count). The highest BCUT2D eigenvalue weighted by Crippen LogP contribution is 2.19. The number of carboxylic acid groups (broad SMARTS) is 3. The molecule has 1 aromatic heterocycles. The maximum absolute atomic E-state index is 12.8. The molecule has 0 aliphatic carbocycles. The summed E-state index contributed by atoms with van der Waals surface area (Å²) in [7, 11) is 1.77. The molecule has 12 N–H and O–H groups in total. The Morgan fingerprint density at radius 1 is 0.607 bits per heavy atom. The number of pyridine rings is 1. The molecule has 3 atom stereocenters. The molecule has 22 nitrogen and oxygen atoms in total. The monoisotopic (exact) mass is 873 g/mol. The van der Waals surface area contributed by atoms with Crippen LogP contribution in [0.3, 0.4) is 0 Å². The lowest BCUT2D eigenvalue weighted by Gasteiger charge is -2.37. The number of aliphatic hydroxyl groups excluding tert-OH is 6. The number of carboxylic acids is 3. The molecule has 0 spiro atoms. The minimum Gasteiger partial charge on any atom is -0.480 e. The van der Waals surface area contributed by atoms with E-state index in [1.165, 1.54) is 0 Å². The third kappa shape index (κ3) is 20.5. The molecular weight excluding hydrogens is 806 g/mol. The van der Waals surface area contributed by atoms with Gasteiger partial charge in [0.2, 0.25) is 11.8 Å². The highest BCUT2D eigenvalue weighted by atomic mass is 16.4. The first-order valence-electron chi connectivity index (χ1n) is 20.4. The van der Waals surface area contributed by atoms with Crippen LogP contribution in [-0.4, -0.2) is 212 Å². The fourth-order valence-corrected chi connectivity index (χ4v) is 6.50. The number of carbonyl (C=O) groups excluding carboxylic acids is 3. The summed E-state index contributed by atoms with van der Waals surface area (Å²) < 4.78 is 0. The van der Waals surface area contributed by atoms with Crippen LogP contribution in [0.5, 0.6) is 0 Å². The zero-order valence-corrected chi connectivity index (χ0v) is 34.9. The van der Waals surface area contributed by atoms with Gasteiger partial charge in [0.15, 0.2) is 0 Å². The Labute approximate surface area is 355 Å². The summed E-state index contributed by atoms with van der Waals surface area (Å²) in [5.41, 5.74) is 1.09. The summed E-state index contributed by atoms with van der Waals surface area (Å²) in [6, 6.07) is 2.22. The molecule has 61 heavy (non-hydrogen) atoms. The van der Waals surface area contributed by atoms with Crippen molar-refractivity contribution in [3.8, 4) is 0 Å². The molecule has 2 heterocycles. The molecule has 0 saturated carbocycles. The Morgan fingerprint density at radius 3 is 1.28 bits per heavy atom. The summed E-state index contributed by atoms with van der Waals surface area (Å²) in [5.74, 6) is -7.02. The van der Waals surface area contributed by atoms with Gasteiger partial charge in [-0.2, -0.15) is 0 Å². The van der Waals surface area contributed by atoms with Gasteiger partial charge in [-0.1, -0.05) is 6.07 Å². The average molecular weight is 874 g/mol.